The molecule has 6 heteroatoms. The van der Waals surface area contributed by atoms with E-state index in [2.05, 4.69) is 61.1 Å². The van der Waals surface area contributed by atoms with Gasteiger partial charge >= 0.3 is 0 Å². The minimum absolute atomic E-state index is 0. The van der Waals surface area contributed by atoms with Crippen molar-refractivity contribution in [3.05, 3.63) is 29.3 Å². The maximum atomic E-state index is 6.12. The lowest BCUT2D eigenvalue weighted by atomic mass is 10.0. The molecular weight excluding hydrogens is 439 g/mol. The van der Waals surface area contributed by atoms with Crippen LogP contribution in [-0.2, 0) is 17.6 Å². The molecule has 1 fully saturated rings. The van der Waals surface area contributed by atoms with Crippen molar-refractivity contribution in [2.75, 3.05) is 31.5 Å². The van der Waals surface area contributed by atoms with Crippen molar-refractivity contribution in [1.82, 2.24) is 4.90 Å². The number of nitrogens with zero attached hydrogens (tertiary/aromatic N) is 2. The van der Waals surface area contributed by atoms with Crippen LogP contribution in [-0.4, -0.2) is 49.2 Å². The Morgan fingerprint density at radius 3 is 2.31 bits per heavy atom. The normalized spacial score (nSPS) is 21.3. The van der Waals surface area contributed by atoms with Crippen molar-refractivity contribution < 1.29 is 4.74 Å². The average molecular weight is 474 g/mol. The highest BCUT2D eigenvalue weighted by Crippen LogP contribution is 2.22. The summed E-state index contributed by atoms with van der Waals surface area (Å²) in [4.78, 5) is 6.98. The van der Waals surface area contributed by atoms with Gasteiger partial charge < -0.3 is 15.8 Å². The van der Waals surface area contributed by atoms with E-state index in [-0.39, 0.29) is 24.0 Å². The third-order valence-corrected chi connectivity index (χ3v) is 4.66. The highest BCUT2D eigenvalue weighted by Gasteiger charge is 2.21. The SMILES string of the molecule is CCc1cccc(CC)c1NC(N)=NCCCN1CC(C)OC(C)C1.I. The fourth-order valence-electron chi connectivity index (χ4n) is 3.53. The van der Waals surface area contributed by atoms with Crippen LogP contribution >= 0.6 is 24.0 Å². The maximum absolute atomic E-state index is 6.12. The minimum Gasteiger partial charge on any atom is -0.373 e. The van der Waals surface area contributed by atoms with E-state index in [0.29, 0.717) is 18.2 Å². The quantitative estimate of drug-likeness (QED) is 0.274. The number of nitrogens with one attached hydrogen (secondary N) is 1. The number of aryl methyl sites for hydroxylation is 2. The standard InChI is InChI=1S/C20H34N4O.HI/c1-5-17-9-7-10-18(6-2)19(17)23-20(21)22-11-8-12-24-13-15(3)25-16(4)14-24;/h7,9-10,15-16H,5-6,8,11-14H2,1-4H3,(H3,21,22,23);1H. The Hall–Kier alpha value is -0.860. The molecule has 26 heavy (non-hydrogen) atoms. The van der Waals surface area contributed by atoms with Gasteiger partial charge in [-0.25, -0.2) is 0 Å². The van der Waals surface area contributed by atoms with Gasteiger partial charge in [0.2, 0.25) is 0 Å². The van der Waals surface area contributed by atoms with E-state index in [1.807, 2.05) is 0 Å². The molecule has 0 aliphatic carbocycles. The number of ether oxygens (including phenoxy) is 1. The Balaban J connectivity index is 0.00000338. The van der Waals surface area contributed by atoms with Gasteiger partial charge in [-0.1, -0.05) is 32.0 Å². The summed E-state index contributed by atoms with van der Waals surface area (Å²) < 4.78 is 5.77. The molecule has 2 atom stereocenters. The largest absolute Gasteiger partial charge is 0.373 e. The molecule has 1 saturated heterocycles. The van der Waals surface area contributed by atoms with E-state index in [9.17, 15) is 0 Å². The molecule has 0 bridgehead atoms. The fraction of sp³-hybridized carbons (Fsp3) is 0.650. The molecule has 1 aliphatic rings. The first-order valence-corrected chi connectivity index (χ1v) is 9.59. The first-order chi connectivity index (χ1) is 12.0. The van der Waals surface area contributed by atoms with Crippen LogP contribution in [0.1, 0.15) is 45.2 Å². The Morgan fingerprint density at radius 2 is 1.77 bits per heavy atom. The number of rotatable bonds is 7. The van der Waals surface area contributed by atoms with Crippen molar-refractivity contribution in [3.63, 3.8) is 0 Å². The summed E-state index contributed by atoms with van der Waals surface area (Å²) in [6.07, 6.45) is 3.61. The number of para-hydroxylation sites is 1. The number of hydrogen-bond donors (Lipinski definition) is 2. The van der Waals surface area contributed by atoms with Crippen LogP contribution in [0.4, 0.5) is 5.69 Å². The number of morpholine rings is 1. The number of aliphatic imine (C=N–C) groups is 1. The van der Waals surface area contributed by atoms with Gasteiger partial charge in [-0.3, -0.25) is 9.89 Å². The molecule has 0 radical (unpaired) electrons. The van der Waals surface area contributed by atoms with Crippen LogP contribution in [0.3, 0.4) is 0 Å². The lowest BCUT2D eigenvalue weighted by Crippen LogP contribution is -2.45. The first kappa shape index (κ1) is 23.2. The van der Waals surface area contributed by atoms with Crippen LogP contribution in [0.5, 0.6) is 0 Å². The van der Waals surface area contributed by atoms with Gasteiger partial charge in [0.15, 0.2) is 5.96 Å². The summed E-state index contributed by atoms with van der Waals surface area (Å²) in [6, 6.07) is 6.41. The first-order valence-electron chi connectivity index (χ1n) is 9.59. The van der Waals surface area contributed by atoms with E-state index in [0.717, 1.165) is 51.1 Å². The van der Waals surface area contributed by atoms with Gasteiger partial charge in [-0.2, -0.15) is 0 Å². The van der Waals surface area contributed by atoms with Crippen LogP contribution in [0.2, 0.25) is 0 Å². The molecule has 0 saturated carbocycles. The molecular formula is C20H35IN4O. The molecule has 0 spiro atoms. The van der Waals surface area contributed by atoms with E-state index < -0.39 is 0 Å². The summed E-state index contributed by atoms with van der Waals surface area (Å²) in [7, 11) is 0. The van der Waals surface area contributed by atoms with Crippen molar-refractivity contribution in [1.29, 1.82) is 0 Å². The van der Waals surface area contributed by atoms with Crippen LogP contribution in [0.15, 0.2) is 23.2 Å². The summed E-state index contributed by atoms with van der Waals surface area (Å²) in [5.41, 5.74) is 9.82. The summed E-state index contributed by atoms with van der Waals surface area (Å²) in [5.74, 6) is 0.513. The van der Waals surface area contributed by atoms with E-state index in [1.165, 1.54) is 11.1 Å². The highest BCUT2D eigenvalue weighted by atomic mass is 127. The molecule has 1 aromatic carbocycles. The van der Waals surface area contributed by atoms with E-state index in [4.69, 9.17) is 10.5 Å². The van der Waals surface area contributed by atoms with Crippen molar-refractivity contribution in [3.8, 4) is 0 Å². The van der Waals surface area contributed by atoms with Crippen molar-refractivity contribution in [2.24, 2.45) is 10.7 Å². The predicted molar refractivity (Wildman–Crippen MR) is 122 cm³/mol. The third kappa shape index (κ3) is 7.04. The molecule has 5 nitrogen and oxygen atoms in total. The minimum atomic E-state index is 0. The Kier molecular flexibility index (Phi) is 10.5. The molecule has 3 N–H and O–H groups in total. The fourth-order valence-corrected chi connectivity index (χ4v) is 3.53. The second-order valence-electron chi connectivity index (χ2n) is 6.92. The second kappa shape index (κ2) is 11.8. The Labute approximate surface area is 175 Å². The molecule has 1 aromatic rings. The molecule has 0 amide bonds. The van der Waals surface area contributed by atoms with Crippen molar-refractivity contribution in [2.45, 2.75) is 59.2 Å². The van der Waals surface area contributed by atoms with E-state index in [1.54, 1.807) is 0 Å². The molecule has 1 aliphatic heterocycles. The Morgan fingerprint density at radius 1 is 1.19 bits per heavy atom. The van der Waals surface area contributed by atoms with E-state index >= 15 is 0 Å². The van der Waals surface area contributed by atoms with Gasteiger partial charge in [0.05, 0.1) is 12.2 Å². The number of benzene rings is 1. The van der Waals surface area contributed by atoms with Gasteiger partial charge in [0.25, 0.3) is 0 Å². The van der Waals surface area contributed by atoms with Gasteiger partial charge in [0.1, 0.15) is 0 Å². The second-order valence-corrected chi connectivity index (χ2v) is 6.92. The third-order valence-electron chi connectivity index (χ3n) is 4.66. The molecule has 2 rings (SSSR count). The maximum Gasteiger partial charge on any atom is 0.193 e. The molecule has 2 unspecified atom stereocenters. The number of nitrogens with two attached hydrogens (primary N) is 1. The molecule has 148 valence electrons. The number of guanidine groups is 1. The summed E-state index contributed by atoms with van der Waals surface area (Å²) in [6.45, 7) is 12.4. The highest BCUT2D eigenvalue weighted by molar-refractivity contribution is 14.0. The van der Waals surface area contributed by atoms with Crippen LogP contribution in [0, 0.1) is 0 Å². The lowest BCUT2D eigenvalue weighted by molar-refractivity contribution is -0.0679. The van der Waals surface area contributed by atoms with Crippen molar-refractivity contribution >= 4 is 35.6 Å². The topological polar surface area (TPSA) is 62.9 Å². The number of hydrogen-bond acceptors (Lipinski definition) is 3. The molecule has 1 heterocycles. The molecule has 0 aromatic heterocycles. The monoisotopic (exact) mass is 474 g/mol. The van der Waals surface area contributed by atoms with Crippen LogP contribution in [0.25, 0.3) is 0 Å². The zero-order valence-corrected chi connectivity index (χ0v) is 19.0. The predicted octanol–water partition coefficient (Wildman–Crippen LogP) is 3.66. The summed E-state index contributed by atoms with van der Waals surface area (Å²) in [5, 5.41) is 3.33. The smallest absolute Gasteiger partial charge is 0.193 e. The lowest BCUT2D eigenvalue weighted by Gasteiger charge is -2.35. The Bertz CT molecular complexity index is 547. The van der Waals surface area contributed by atoms with Gasteiger partial charge in [-0.05, 0) is 44.2 Å². The van der Waals surface area contributed by atoms with Gasteiger partial charge in [0, 0.05) is 31.9 Å². The average Bonchev–Trinajstić information content (AvgIpc) is 2.58. The zero-order valence-electron chi connectivity index (χ0n) is 16.6. The van der Waals surface area contributed by atoms with Crippen LogP contribution < -0.4 is 11.1 Å². The van der Waals surface area contributed by atoms with Gasteiger partial charge in [-0.15, -0.1) is 24.0 Å². The number of halogens is 1. The zero-order chi connectivity index (χ0) is 18.2. The number of anilines is 1. The summed E-state index contributed by atoms with van der Waals surface area (Å²) >= 11 is 0.